The Morgan fingerprint density at radius 3 is 2.17 bits per heavy atom. The molecule has 0 aliphatic rings. The van der Waals surface area contributed by atoms with Crippen LogP contribution in [0.4, 0.5) is 26.3 Å². The number of alkyl halides is 7. The molecular weight excluding hydrogens is 447 g/mol. The Hall–Kier alpha value is -0.260. The third kappa shape index (κ3) is 4.14. The van der Waals surface area contributed by atoms with Crippen molar-refractivity contribution in [2.24, 2.45) is 0 Å². The lowest BCUT2D eigenvalue weighted by atomic mass is 10.3. The van der Waals surface area contributed by atoms with Gasteiger partial charge >= 0.3 is 12.5 Å². The first kappa shape index (κ1) is 15.8. The van der Waals surface area contributed by atoms with Crippen molar-refractivity contribution in [1.29, 1.82) is 0 Å². The molecule has 0 aliphatic carbocycles. The van der Waals surface area contributed by atoms with Crippen LogP contribution >= 0.6 is 38.5 Å². The molecule has 0 bridgehead atoms. The van der Waals surface area contributed by atoms with E-state index in [-0.39, 0.29) is 14.6 Å². The second-order valence-electron chi connectivity index (χ2n) is 2.95. The number of halogens is 8. The third-order valence-electron chi connectivity index (χ3n) is 1.60. The summed E-state index contributed by atoms with van der Waals surface area (Å²) in [4.78, 5) is 3.11. The van der Waals surface area contributed by atoms with Gasteiger partial charge in [-0.15, -0.1) is 13.2 Å². The quantitative estimate of drug-likeness (QED) is 0.377. The van der Waals surface area contributed by atoms with Gasteiger partial charge in [0, 0.05) is 5.33 Å². The highest BCUT2D eigenvalue weighted by atomic mass is 127. The molecule has 1 rings (SSSR count). The zero-order chi connectivity index (χ0) is 14.1. The van der Waals surface area contributed by atoms with Crippen molar-refractivity contribution in [1.82, 2.24) is 4.98 Å². The van der Waals surface area contributed by atoms with Gasteiger partial charge in [-0.1, -0.05) is 15.9 Å². The van der Waals surface area contributed by atoms with E-state index in [0.29, 0.717) is 0 Å². The lowest BCUT2D eigenvalue weighted by molar-refractivity contribution is -0.276. The lowest BCUT2D eigenvalue weighted by Gasteiger charge is -2.16. The monoisotopic (exact) mass is 449 g/mol. The highest BCUT2D eigenvalue weighted by Crippen LogP contribution is 2.40. The fourth-order valence-corrected chi connectivity index (χ4v) is 2.04. The van der Waals surface area contributed by atoms with Gasteiger partial charge < -0.3 is 4.74 Å². The third-order valence-corrected chi connectivity index (χ3v) is 2.98. The van der Waals surface area contributed by atoms with E-state index in [2.05, 4.69) is 25.7 Å². The first-order valence-electron chi connectivity index (χ1n) is 4.13. The van der Waals surface area contributed by atoms with E-state index >= 15 is 0 Å². The van der Waals surface area contributed by atoms with Crippen molar-refractivity contribution in [3.05, 3.63) is 21.0 Å². The van der Waals surface area contributed by atoms with Crippen LogP contribution in [0.2, 0.25) is 0 Å². The maximum absolute atomic E-state index is 12.6. The Kier molecular flexibility index (Phi) is 4.73. The molecule has 0 amide bonds. The van der Waals surface area contributed by atoms with Crippen molar-refractivity contribution >= 4 is 38.5 Å². The van der Waals surface area contributed by atoms with E-state index in [4.69, 9.17) is 0 Å². The van der Waals surface area contributed by atoms with Crippen molar-refractivity contribution in [3.63, 3.8) is 0 Å². The molecule has 0 saturated carbocycles. The Labute approximate surface area is 119 Å². The summed E-state index contributed by atoms with van der Waals surface area (Å²) < 4.78 is 77.0. The molecule has 0 N–H and O–H groups in total. The van der Waals surface area contributed by atoms with Gasteiger partial charge in [-0.05, 0) is 28.7 Å². The van der Waals surface area contributed by atoms with E-state index in [0.717, 1.165) is 6.07 Å². The Morgan fingerprint density at radius 2 is 1.78 bits per heavy atom. The van der Waals surface area contributed by atoms with Gasteiger partial charge in [0.25, 0.3) is 0 Å². The summed E-state index contributed by atoms with van der Waals surface area (Å²) in [7, 11) is 0. The molecule has 10 heteroatoms. The average Bonchev–Trinajstić information content (AvgIpc) is 2.17. The topological polar surface area (TPSA) is 22.1 Å². The highest BCUT2D eigenvalue weighted by Gasteiger charge is 2.42. The number of nitrogens with zero attached hydrogens (tertiary/aromatic N) is 1. The first-order valence-corrected chi connectivity index (χ1v) is 6.33. The fourth-order valence-electron chi connectivity index (χ4n) is 1.02. The van der Waals surface area contributed by atoms with E-state index in [1.807, 2.05) is 0 Å². The molecule has 0 unspecified atom stereocenters. The van der Waals surface area contributed by atoms with Crippen molar-refractivity contribution < 1.29 is 31.1 Å². The molecule has 1 heterocycles. The number of hydrogen-bond donors (Lipinski definition) is 0. The van der Waals surface area contributed by atoms with Gasteiger partial charge in [0.2, 0.25) is 0 Å². The van der Waals surface area contributed by atoms with Crippen LogP contribution < -0.4 is 4.74 Å². The molecule has 0 aromatic carbocycles. The van der Waals surface area contributed by atoms with Crippen molar-refractivity contribution in [3.8, 4) is 5.75 Å². The molecule has 1 aromatic rings. The van der Waals surface area contributed by atoms with Crippen LogP contribution in [0, 0.1) is 3.57 Å². The number of ether oxygens (including phenoxy) is 1. The van der Waals surface area contributed by atoms with Crippen LogP contribution in [-0.4, -0.2) is 11.3 Å². The summed E-state index contributed by atoms with van der Waals surface area (Å²) in [5.74, 6) is -1.33. The number of aromatic nitrogens is 1. The van der Waals surface area contributed by atoms with Gasteiger partial charge in [-0.2, -0.15) is 13.2 Å². The molecule has 18 heavy (non-hydrogen) atoms. The van der Waals surface area contributed by atoms with Gasteiger partial charge in [-0.3, -0.25) is 0 Å². The largest absolute Gasteiger partial charge is 0.573 e. The van der Waals surface area contributed by atoms with Gasteiger partial charge in [0.15, 0.2) is 11.4 Å². The molecule has 102 valence electrons. The molecule has 0 atom stereocenters. The van der Waals surface area contributed by atoms with Crippen LogP contribution in [0.15, 0.2) is 6.07 Å². The predicted molar refractivity (Wildman–Crippen MR) is 61.3 cm³/mol. The summed E-state index contributed by atoms with van der Waals surface area (Å²) >= 11 is 4.21. The minimum atomic E-state index is -5.21. The van der Waals surface area contributed by atoms with Crippen molar-refractivity contribution in [2.75, 3.05) is 0 Å². The number of pyridine rings is 1. The van der Waals surface area contributed by atoms with E-state index in [1.54, 1.807) is 0 Å². The smallest absolute Gasteiger partial charge is 0.402 e. The van der Waals surface area contributed by atoms with E-state index in [9.17, 15) is 26.3 Å². The van der Waals surface area contributed by atoms with Gasteiger partial charge in [0.05, 0.1) is 9.26 Å². The summed E-state index contributed by atoms with van der Waals surface area (Å²) in [6, 6.07) is 1.08. The Balaban J connectivity index is 3.39. The fraction of sp³-hybridized carbons (Fsp3) is 0.375. The summed E-state index contributed by atoms with van der Waals surface area (Å²) in [6.07, 6.45) is -10.2. The molecule has 0 radical (unpaired) electrons. The van der Waals surface area contributed by atoms with Crippen molar-refractivity contribution in [2.45, 2.75) is 17.9 Å². The van der Waals surface area contributed by atoms with Gasteiger partial charge in [0.1, 0.15) is 0 Å². The SMILES string of the molecule is FC(F)(F)Oc1c(I)cc(CBr)nc1C(F)(F)F. The minimum Gasteiger partial charge on any atom is -0.402 e. The molecule has 1 aromatic heterocycles. The standard InChI is InChI=1S/C8H3BrF6INO/c9-2-3-1-4(16)5(18-8(13,14)15)6(17-3)7(10,11)12/h1H,2H2. The molecule has 2 nitrogen and oxygen atoms in total. The van der Waals surface area contributed by atoms with Crippen LogP contribution in [0.3, 0.4) is 0 Å². The predicted octanol–water partition coefficient (Wildman–Crippen LogP) is 4.50. The van der Waals surface area contributed by atoms with Gasteiger partial charge in [-0.25, -0.2) is 4.98 Å². The van der Waals surface area contributed by atoms with Crippen LogP contribution in [0.1, 0.15) is 11.4 Å². The summed E-state index contributed by atoms with van der Waals surface area (Å²) in [5.41, 5.74) is -1.73. The zero-order valence-electron chi connectivity index (χ0n) is 8.16. The molecule has 0 saturated heterocycles. The Morgan fingerprint density at radius 1 is 1.22 bits per heavy atom. The van der Waals surface area contributed by atoms with E-state index < -0.39 is 24.0 Å². The number of rotatable bonds is 2. The molecule has 0 spiro atoms. The van der Waals surface area contributed by atoms with E-state index in [1.165, 1.54) is 22.6 Å². The maximum atomic E-state index is 12.6. The summed E-state index contributed by atoms with van der Waals surface area (Å²) in [6.45, 7) is 0. The molecule has 0 fully saturated rings. The van der Waals surface area contributed by atoms with Crippen LogP contribution in [-0.2, 0) is 11.5 Å². The first-order chi connectivity index (χ1) is 8.04. The average molecular weight is 450 g/mol. The minimum absolute atomic E-state index is 0.0155. The zero-order valence-corrected chi connectivity index (χ0v) is 11.9. The van der Waals surface area contributed by atoms with Crippen LogP contribution in [0.5, 0.6) is 5.75 Å². The molecular formula is C8H3BrF6INO. The molecule has 0 aliphatic heterocycles. The second kappa shape index (κ2) is 5.39. The second-order valence-corrected chi connectivity index (χ2v) is 4.68. The highest BCUT2D eigenvalue weighted by molar-refractivity contribution is 14.1. The number of hydrogen-bond acceptors (Lipinski definition) is 2. The lowest BCUT2D eigenvalue weighted by Crippen LogP contribution is -2.22. The summed E-state index contributed by atoms with van der Waals surface area (Å²) in [5, 5.41) is -0.0155. The van der Waals surface area contributed by atoms with Crippen LogP contribution in [0.25, 0.3) is 0 Å². The maximum Gasteiger partial charge on any atom is 0.573 e. The Bertz CT molecular complexity index is 446. The normalized spacial score (nSPS) is 12.7.